The summed E-state index contributed by atoms with van der Waals surface area (Å²) in [5, 5.41) is 19.5. The minimum atomic E-state index is -1.40. The molecule has 0 aliphatic heterocycles. The standard InChI is InChI=1S/C18H14N2O5S/c21-17(13-9-15(25-20-13)14-3-1-6-24-14)19-11-18(22,12-5-7-23-10-12)16-4-2-8-26-16/h1-10,22H,11H2,(H,19,21)/t18-/m1/s1. The van der Waals surface area contributed by atoms with Gasteiger partial charge in [-0.3, -0.25) is 4.79 Å². The lowest BCUT2D eigenvalue weighted by atomic mass is 9.94. The van der Waals surface area contributed by atoms with Crippen LogP contribution in [0.4, 0.5) is 0 Å². The second kappa shape index (κ2) is 6.66. The van der Waals surface area contributed by atoms with Gasteiger partial charge in [0.15, 0.2) is 11.5 Å². The van der Waals surface area contributed by atoms with Crippen molar-refractivity contribution in [1.29, 1.82) is 0 Å². The Hall–Kier alpha value is -3.10. The molecule has 0 fully saturated rings. The number of aliphatic hydroxyl groups is 1. The fourth-order valence-electron chi connectivity index (χ4n) is 2.56. The summed E-state index contributed by atoms with van der Waals surface area (Å²) < 4.78 is 15.4. The Morgan fingerprint density at radius 3 is 2.85 bits per heavy atom. The number of hydrogen-bond donors (Lipinski definition) is 2. The largest absolute Gasteiger partial charge is 0.472 e. The SMILES string of the molecule is O=C(NC[C@@](O)(c1ccoc1)c1cccs1)c1cc(-c2ccco2)on1. The van der Waals surface area contributed by atoms with Gasteiger partial charge in [0.05, 0.1) is 25.3 Å². The zero-order valence-electron chi connectivity index (χ0n) is 13.4. The van der Waals surface area contributed by atoms with E-state index in [1.807, 2.05) is 11.4 Å². The van der Waals surface area contributed by atoms with E-state index >= 15 is 0 Å². The smallest absolute Gasteiger partial charge is 0.273 e. The Bertz CT molecular complexity index is 937. The fourth-order valence-corrected chi connectivity index (χ4v) is 3.41. The second-order valence-corrected chi connectivity index (χ2v) is 6.53. The maximum Gasteiger partial charge on any atom is 0.273 e. The van der Waals surface area contributed by atoms with E-state index in [9.17, 15) is 9.90 Å². The van der Waals surface area contributed by atoms with Gasteiger partial charge in [-0.05, 0) is 29.6 Å². The molecule has 4 aromatic heterocycles. The number of furan rings is 2. The highest BCUT2D eigenvalue weighted by Crippen LogP contribution is 2.32. The third kappa shape index (κ3) is 2.96. The Balaban J connectivity index is 1.52. The highest BCUT2D eigenvalue weighted by atomic mass is 32.1. The van der Waals surface area contributed by atoms with Crippen LogP contribution >= 0.6 is 11.3 Å². The highest BCUT2D eigenvalue weighted by molar-refractivity contribution is 7.10. The van der Waals surface area contributed by atoms with Crippen molar-refractivity contribution in [3.63, 3.8) is 0 Å². The summed E-state index contributed by atoms with van der Waals surface area (Å²) in [5.74, 6) is 0.360. The van der Waals surface area contributed by atoms with E-state index in [-0.39, 0.29) is 12.2 Å². The van der Waals surface area contributed by atoms with Crippen molar-refractivity contribution in [2.75, 3.05) is 6.54 Å². The number of nitrogens with one attached hydrogen (secondary N) is 1. The van der Waals surface area contributed by atoms with E-state index < -0.39 is 11.5 Å². The van der Waals surface area contributed by atoms with Crippen LogP contribution in [0.25, 0.3) is 11.5 Å². The van der Waals surface area contributed by atoms with Gasteiger partial charge in [-0.25, -0.2) is 0 Å². The molecule has 132 valence electrons. The number of carbonyl (C=O) groups is 1. The van der Waals surface area contributed by atoms with Gasteiger partial charge in [0, 0.05) is 16.5 Å². The van der Waals surface area contributed by atoms with E-state index in [1.54, 1.807) is 24.3 Å². The highest BCUT2D eigenvalue weighted by Gasteiger charge is 2.34. The number of aromatic nitrogens is 1. The van der Waals surface area contributed by atoms with Gasteiger partial charge >= 0.3 is 0 Å². The van der Waals surface area contributed by atoms with Crippen LogP contribution in [0.5, 0.6) is 0 Å². The van der Waals surface area contributed by atoms with Crippen molar-refractivity contribution in [3.05, 3.63) is 76.7 Å². The molecule has 0 aliphatic rings. The van der Waals surface area contributed by atoms with E-state index in [1.165, 1.54) is 36.2 Å². The molecule has 0 bridgehead atoms. The van der Waals surface area contributed by atoms with E-state index in [2.05, 4.69) is 10.5 Å². The third-order valence-electron chi connectivity index (χ3n) is 3.94. The van der Waals surface area contributed by atoms with Crippen LogP contribution in [-0.2, 0) is 5.60 Å². The first-order valence-electron chi connectivity index (χ1n) is 7.74. The summed E-state index contributed by atoms with van der Waals surface area (Å²) >= 11 is 1.39. The van der Waals surface area contributed by atoms with E-state index in [0.717, 1.165) is 0 Å². The summed E-state index contributed by atoms with van der Waals surface area (Å²) in [4.78, 5) is 13.1. The molecule has 4 heterocycles. The molecule has 0 radical (unpaired) electrons. The van der Waals surface area contributed by atoms with E-state index in [4.69, 9.17) is 13.4 Å². The molecular formula is C18H14N2O5S. The molecule has 2 N–H and O–H groups in total. The van der Waals surface area contributed by atoms with Crippen LogP contribution in [0.3, 0.4) is 0 Å². The quantitative estimate of drug-likeness (QED) is 0.540. The Morgan fingerprint density at radius 1 is 1.23 bits per heavy atom. The van der Waals surface area contributed by atoms with Crippen LogP contribution in [0, 0.1) is 0 Å². The van der Waals surface area contributed by atoms with Crippen molar-refractivity contribution < 1.29 is 23.3 Å². The molecule has 0 aromatic carbocycles. The van der Waals surface area contributed by atoms with Crippen LogP contribution in [0.15, 0.2) is 73.9 Å². The summed E-state index contributed by atoms with van der Waals surface area (Å²) in [6, 6.07) is 10.2. The molecule has 1 atom stereocenters. The second-order valence-electron chi connectivity index (χ2n) is 5.59. The van der Waals surface area contributed by atoms with Crippen LogP contribution < -0.4 is 5.32 Å². The lowest BCUT2D eigenvalue weighted by molar-refractivity contribution is 0.0709. The maximum atomic E-state index is 12.4. The molecular weight excluding hydrogens is 356 g/mol. The summed E-state index contributed by atoms with van der Waals surface area (Å²) in [7, 11) is 0. The molecule has 8 heteroatoms. The number of amides is 1. The molecule has 1 amide bonds. The number of carbonyl (C=O) groups excluding carboxylic acids is 1. The average molecular weight is 370 g/mol. The minimum absolute atomic E-state index is 0.0468. The normalized spacial score (nSPS) is 13.4. The van der Waals surface area contributed by atoms with Crippen LogP contribution in [-0.4, -0.2) is 22.7 Å². The van der Waals surface area contributed by atoms with Crippen molar-refractivity contribution in [3.8, 4) is 11.5 Å². The Kier molecular flexibility index (Phi) is 4.19. The minimum Gasteiger partial charge on any atom is -0.472 e. The van der Waals surface area contributed by atoms with Gasteiger partial charge in [-0.1, -0.05) is 11.2 Å². The predicted molar refractivity (Wildman–Crippen MR) is 92.6 cm³/mol. The number of nitrogens with zero attached hydrogens (tertiary/aromatic N) is 1. The Labute approximate surface area is 151 Å². The number of rotatable bonds is 6. The van der Waals surface area contributed by atoms with Gasteiger partial charge in [-0.15, -0.1) is 11.3 Å². The third-order valence-corrected chi connectivity index (χ3v) is 4.96. The van der Waals surface area contributed by atoms with Crippen molar-refractivity contribution in [2.24, 2.45) is 0 Å². The molecule has 0 saturated carbocycles. The van der Waals surface area contributed by atoms with Gasteiger partial charge < -0.3 is 23.8 Å². The summed E-state index contributed by atoms with van der Waals surface area (Å²) in [5.41, 5.74) is -0.751. The fraction of sp³-hybridized carbons (Fsp3) is 0.111. The van der Waals surface area contributed by atoms with Crippen LogP contribution in [0.1, 0.15) is 20.9 Å². The molecule has 26 heavy (non-hydrogen) atoms. The van der Waals surface area contributed by atoms with Crippen LogP contribution in [0.2, 0.25) is 0 Å². The first-order chi connectivity index (χ1) is 12.7. The Morgan fingerprint density at radius 2 is 2.15 bits per heavy atom. The van der Waals surface area contributed by atoms with Gasteiger partial charge in [-0.2, -0.15) is 0 Å². The lowest BCUT2D eigenvalue weighted by Crippen LogP contribution is -2.41. The first-order valence-corrected chi connectivity index (χ1v) is 8.62. The summed E-state index contributed by atoms with van der Waals surface area (Å²) in [6.45, 7) is -0.0468. The van der Waals surface area contributed by atoms with Gasteiger partial charge in [0.1, 0.15) is 5.60 Å². The molecule has 4 aromatic rings. The average Bonchev–Trinajstić information content (AvgIpc) is 3.45. The maximum absolute atomic E-state index is 12.4. The van der Waals surface area contributed by atoms with Gasteiger partial charge in [0.2, 0.25) is 5.76 Å². The molecule has 0 aliphatic carbocycles. The van der Waals surface area contributed by atoms with E-state index in [0.29, 0.717) is 22.0 Å². The molecule has 0 saturated heterocycles. The van der Waals surface area contributed by atoms with Crippen molar-refractivity contribution >= 4 is 17.2 Å². The molecule has 0 unspecified atom stereocenters. The predicted octanol–water partition coefficient (Wildman–Crippen LogP) is 3.26. The molecule has 7 nitrogen and oxygen atoms in total. The zero-order chi connectivity index (χ0) is 18.0. The van der Waals surface area contributed by atoms with Gasteiger partial charge in [0.25, 0.3) is 5.91 Å². The number of hydrogen-bond acceptors (Lipinski definition) is 7. The summed E-state index contributed by atoms with van der Waals surface area (Å²) in [6.07, 6.45) is 4.43. The van der Waals surface area contributed by atoms with Crippen molar-refractivity contribution in [1.82, 2.24) is 10.5 Å². The molecule has 4 rings (SSSR count). The first kappa shape index (κ1) is 16.4. The molecule has 0 spiro atoms. The topological polar surface area (TPSA) is 102 Å². The zero-order valence-corrected chi connectivity index (χ0v) is 14.2. The van der Waals surface area contributed by atoms with Crippen molar-refractivity contribution in [2.45, 2.75) is 5.60 Å². The monoisotopic (exact) mass is 370 g/mol. The number of thiophene rings is 1. The lowest BCUT2D eigenvalue weighted by Gasteiger charge is -2.26.